The summed E-state index contributed by atoms with van der Waals surface area (Å²) in [6, 6.07) is 6.69. The van der Waals surface area contributed by atoms with E-state index in [-0.39, 0.29) is 23.1 Å². The number of rotatable bonds is 3. The molecule has 0 aliphatic heterocycles. The SMILES string of the molecule is CN(c1cccc(C#N)c1[N+](=O)[O-])C1CCC(=O)CC1. The van der Waals surface area contributed by atoms with Gasteiger partial charge >= 0.3 is 5.69 Å². The Morgan fingerprint density at radius 1 is 1.40 bits per heavy atom. The van der Waals surface area contributed by atoms with E-state index < -0.39 is 4.92 Å². The maximum Gasteiger partial charge on any atom is 0.310 e. The second kappa shape index (κ2) is 5.70. The first-order valence-corrected chi connectivity index (χ1v) is 6.46. The third kappa shape index (κ3) is 2.62. The molecular weight excluding hydrogens is 258 g/mol. The minimum atomic E-state index is -0.516. The van der Waals surface area contributed by atoms with E-state index in [1.807, 2.05) is 11.0 Å². The van der Waals surface area contributed by atoms with Gasteiger partial charge in [0.2, 0.25) is 0 Å². The molecule has 1 aromatic rings. The Labute approximate surface area is 116 Å². The molecule has 0 saturated heterocycles. The summed E-state index contributed by atoms with van der Waals surface area (Å²) in [4.78, 5) is 23.8. The maximum atomic E-state index is 11.3. The van der Waals surface area contributed by atoms with Crippen LogP contribution in [0.5, 0.6) is 0 Å². The van der Waals surface area contributed by atoms with Gasteiger partial charge in [-0.2, -0.15) is 5.26 Å². The van der Waals surface area contributed by atoms with Gasteiger partial charge in [0.15, 0.2) is 0 Å². The molecule has 1 aromatic carbocycles. The largest absolute Gasteiger partial charge is 0.366 e. The number of hydrogen-bond donors (Lipinski definition) is 0. The number of nitriles is 1. The van der Waals surface area contributed by atoms with Gasteiger partial charge in [0.05, 0.1) is 4.92 Å². The van der Waals surface area contributed by atoms with Gasteiger partial charge in [-0.1, -0.05) is 6.07 Å². The topological polar surface area (TPSA) is 87.2 Å². The molecule has 0 N–H and O–H groups in total. The van der Waals surface area contributed by atoms with E-state index in [0.717, 1.165) is 0 Å². The fourth-order valence-electron chi connectivity index (χ4n) is 2.61. The number of ketones is 1. The summed E-state index contributed by atoms with van der Waals surface area (Å²) < 4.78 is 0. The van der Waals surface area contributed by atoms with Crippen LogP contribution in [0.1, 0.15) is 31.2 Å². The van der Waals surface area contributed by atoms with Crippen LogP contribution in [0.25, 0.3) is 0 Å². The lowest BCUT2D eigenvalue weighted by atomic mass is 9.93. The Kier molecular flexibility index (Phi) is 3.99. The summed E-state index contributed by atoms with van der Waals surface area (Å²) in [6.45, 7) is 0. The summed E-state index contributed by atoms with van der Waals surface area (Å²) in [5.41, 5.74) is 0.342. The number of nitro benzene ring substituents is 1. The van der Waals surface area contributed by atoms with Crippen LogP contribution in [0, 0.1) is 21.4 Å². The number of nitrogens with zero attached hydrogens (tertiary/aromatic N) is 3. The van der Waals surface area contributed by atoms with E-state index in [2.05, 4.69) is 0 Å². The molecule has 1 fully saturated rings. The minimum Gasteiger partial charge on any atom is -0.366 e. The monoisotopic (exact) mass is 273 g/mol. The van der Waals surface area contributed by atoms with Crippen LogP contribution in [0.3, 0.4) is 0 Å². The fourth-order valence-corrected chi connectivity index (χ4v) is 2.61. The Morgan fingerprint density at radius 3 is 2.60 bits per heavy atom. The van der Waals surface area contributed by atoms with Crippen molar-refractivity contribution < 1.29 is 9.72 Å². The molecule has 0 aromatic heterocycles. The van der Waals surface area contributed by atoms with Crippen LogP contribution in [0.15, 0.2) is 18.2 Å². The van der Waals surface area contributed by atoms with Crippen molar-refractivity contribution in [2.75, 3.05) is 11.9 Å². The number of Topliss-reactive ketones (excluding diaryl/α,β-unsaturated/α-hetero) is 1. The van der Waals surface area contributed by atoms with Crippen molar-refractivity contribution in [1.82, 2.24) is 0 Å². The molecular formula is C14H15N3O3. The highest BCUT2D eigenvalue weighted by molar-refractivity contribution is 5.79. The van der Waals surface area contributed by atoms with Crippen LogP contribution in [0.4, 0.5) is 11.4 Å². The second-order valence-electron chi connectivity index (χ2n) is 4.92. The van der Waals surface area contributed by atoms with Gasteiger partial charge in [-0.25, -0.2) is 0 Å². The smallest absolute Gasteiger partial charge is 0.310 e. The van der Waals surface area contributed by atoms with Crippen LogP contribution >= 0.6 is 0 Å². The summed E-state index contributed by atoms with van der Waals surface area (Å²) in [5.74, 6) is 0.245. The second-order valence-corrected chi connectivity index (χ2v) is 4.92. The highest BCUT2D eigenvalue weighted by atomic mass is 16.6. The molecule has 0 unspecified atom stereocenters. The molecule has 1 saturated carbocycles. The molecule has 6 nitrogen and oxygen atoms in total. The molecule has 0 bridgehead atoms. The van der Waals surface area contributed by atoms with Gasteiger partial charge in [0, 0.05) is 25.9 Å². The van der Waals surface area contributed by atoms with Crippen molar-refractivity contribution in [1.29, 1.82) is 5.26 Å². The zero-order chi connectivity index (χ0) is 14.7. The highest BCUT2D eigenvalue weighted by Gasteiger charge is 2.28. The lowest BCUT2D eigenvalue weighted by molar-refractivity contribution is -0.384. The molecule has 2 rings (SSSR count). The van der Waals surface area contributed by atoms with E-state index in [1.165, 1.54) is 6.07 Å². The Balaban J connectivity index is 2.35. The number of para-hydroxylation sites is 1. The van der Waals surface area contributed by atoms with E-state index in [1.54, 1.807) is 19.2 Å². The summed E-state index contributed by atoms with van der Waals surface area (Å²) >= 11 is 0. The maximum absolute atomic E-state index is 11.3. The number of carbonyl (C=O) groups is 1. The fraction of sp³-hybridized carbons (Fsp3) is 0.429. The first kappa shape index (κ1) is 14.0. The molecule has 0 amide bonds. The molecule has 1 aliphatic rings. The molecule has 0 radical (unpaired) electrons. The number of hydrogen-bond acceptors (Lipinski definition) is 5. The van der Waals surface area contributed by atoms with Crippen LogP contribution in [0.2, 0.25) is 0 Å². The van der Waals surface area contributed by atoms with Gasteiger partial charge in [-0.3, -0.25) is 14.9 Å². The van der Waals surface area contributed by atoms with Crippen molar-refractivity contribution in [2.24, 2.45) is 0 Å². The molecule has 1 aliphatic carbocycles. The molecule has 0 atom stereocenters. The van der Waals surface area contributed by atoms with Crippen molar-refractivity contribution in [2.45, 2.75) is 31.7 Å². The van der Waals surface area contributed by atoms with E-state index >= 15 is 0 Å². The Bertz CT molecular complexity index is 582. The van der Waals surface area contributed by atoms with Crippen LogP contribution in [-0.2, 0) is 4.79 Å². The summed E-state index contributed by atoms with van der Waals surface area (Å²) in [7, 11) is 1.78. The zero-order valence-electron chi connectivity index (χ0n) is 11.2. The lowest BCUT2D eigenvalue weighted by Crippen LogP contribution is -2.35. The number of benzene rings is 1. The molecule has 104 valence electrons. The zero-order valence-corrected chi connectivity index (χ0v) is 11.2. The average molecular weight is 273 g/mol. The third-order valence-electron chi connectivity index (χ3n) is 3.76. The quantitative estimate of drug-likeness (QED) is 0.623. The van der Waals surface area contributed by atoms with Gasteiger partial charge in [-0.15, -0.1) is 0 Å². The Hall–Kier alpha value is -2.42. The average Bonchev–Trinajstić information content (AvgIpc) is 2.46. The van der Waals surface area contributed by atoms with Crippen molar-refractivity contribution >= 4 is 17.2 Å². The van der Waals surface area contributed by atoms with E-state index in [0.29, 0.717) is 31.4 Å². The highest BCUT2D eigenvalue weighted by Crippen LogP contribution is 2.34. The van der Waals surface area contributed by atoms with E-state index in [9.17, 15) is 14.9 Å². The third-order valence-corrected chi connectivity index (χ3v) is 3.76. The summed E-state index contributed by atoms with van der Waals surface area (Å²) in [6.07, 6.45) is 2.42. The molecule has 0 spiro atoms. The predicted molar refractivity (Wildman–Crippen MR) is 73.5 cm³/mol. The Morgan fingerprint density at radius 2 is 2.05 bits per heavy atom. The minimum absolute atomic E-state index is 0.0613. The standard InChI is InChI=1S/C14H15N3O3/c1-16(11-5-7-12(18)8-6-11)13-4-2-3-10(9-15)14(13)17(19)20/h2-4,11H,5-8H2,1H3. The van der Waals surface area contributed by atoms with Gasteiger partial charge in [0.1, 0.15) is 23.1 Å². The van der Waals surface area contributed by atoms with Gasteiger partial charge < -0.3 is 4.90 Å². The van der Waals surface area contributed by atoms with Crippen LogP contribution < -0.4 is 4.90 Å². The number of carbonyl (C=O) groups excluding carboxylic acids is 1. The van der Waals surface area contributed by atoms with Crippen molar-refractivity contribution in [3.8, 4) is 6.07 Å². The predicted octanol–water partition coefficient (Wildman–Crippen LogP) is 2.41. The number of nitro groups is 1. The summed E-state index contributed by atoms with van der Waals surface area (Å²) in [5, 5.41) is 20.2. The van der Waals surface area contributed by atoms with Crippen molar-refractivity contribution in [3.05, 3.63) is 33.9 Å². The van der Waals surface area contributed by atoms with Gasteiger partial charge in [0.25, 0.3) is 0 Å². The molecule has 6 heteroatoms. The first-order chi connectivity index (χ1) is 9.54. The lowest BCUT2D eigenvalue weighted by Gasteiger charge is -2.32. The van der Waals surface area contributed by atoms with E-state index in [4.69, 9.17) is 5.26 Å². The number of anilines is 1. The first-order valence-electron chi connectivity index (χ1n) is 6.46. The van der Waals surface area contributed by atoms with Gasteiger partial charge in [-0.05, 0) is 25.0 Å². The van der Waals surface area contributed by atoms with Crippen molar-refractivity contribution in [3.63, 3.8) is 0 Å². The van der Waals surface area contributed by atoms with Crippen LogP contribution in [-0.4, -0.2) is 23.8 Å². The normalized spacial score (nSPS) is 15.7. The molecule has 20 heavy (non-hydrogen) atoms. The molecule has 0 heterocycles.